The van der Waals surface area contributed by atoms with Crippen LogP contribution in [0, 0.1) is 13.8 Å². The molecule has 0 spiro atoms. The van der Waals surface area contributed by atoms with E-state index in [1.165, 1.54) is 0 Å². The molecule has 0 saturated carbocycles. The van der Waals surface area contributed by atoms with E-state index in [0.717, 1.165) is 35.6 Å². The van der Waals surface area contributed by atoms with E-state index in [1.807, 2.05) is 43.9 Å². The average molecular weight is 245 g/mol. The number of nitrogens with zero attached hydrogens (tertiary/aromatic N) is 4. The van der Waals surface area contributed by atoms with Crippen LogP contribution >= 0.6 is 0 Å². The van der Waals surface area contributed by atoms with Gasteiger partial charge in [-0.1, -0.05) is 0 Å². The van der Waals surface area contributed by atoms with Crippen molar-refractivity contribution in [1.82, 2.24) is 19.7 Å². The highest BCUT2D eigenvalue weighted by atomic mass is 15.1. The van der Waals surface area contributed by atoms with Crippen LogP contribution in [0.25, 0.3) is 0 Å². The molecule has 2 heterocycles. The maximum Gasteiger partial charge on any atom is 0.108 e. The molecule has 5 heteroatoms. The first-order valence-electron chi connectivity index (χ1n) is 6.10. The lowest BCUT2D eigenvalue weighted by atomic mass is 10.0. The van der Waals surface area contributed by atoms with Crippen LogP contribution < -0.4 is 5.73 Å². The normalized spacial score (nSPS) is 12.7. The van der Waals surface area contributed by atoms with Gasteiger partial charge in [-0.3, -0.25) is 0 Å². The van der Waals surface area contributed by atoms with Crippen LogP contribution in [0.1, 0.15) is 35.2 Å². The molecule has 0 aliphatic rings. The van der Waals surface area contributed by atoms with Crippen LogP contribution in [0.3, 0.4) is 0 Å². The van der Waals surface area contributed by atoms with Gasteiger partial charge in [0.1, 0.15) is 5.82 Å². The molecular weight excluding hydrogens is 226 g/mol. The van der Waals surface area contributed by atoms with Crippen LogP contribution in [0.5, 0.6) is 0 Å². The van der Waals surface area contributed by atoms with Gasteiger partial charge < -0.3 is 10.3 Å². The monoisotopic (exact) mass is 245 g/mol. The van der Waals surface area contributed by atoms with Crippen LogP contribution in [-0.2, 0) is 13.5 Å². The van der Waals surface area contributed by atoms with Crippen LogP contribution in [0.2, 0.25) is 0 Å². The smallest absolute Gasteiger partial charge is 0.108 e. The predicted octanol–water partition coefficient (Wildman–Crippen LogP) is 1.46. The highest BCUT2D eigenvalue weighted by molar-refractivity contribution is 5.23. The zero-order valence-electron chi connectivity index (χ0n) is 11.1. The minimum Gasteiger partial charge on any atom is -0.338 e. The van der Waals surface area contributed by atoms with Crippen molar-refractivity contribution in [3.05, 3.63) is 41.2 Å². The standard InChI is InChI=1S/C13H19N5/c1-9-8-11(10(2)17-16-9)12(14)4-5-13-15-6-7-18(13)3/h6-8,12H,4-5,14H2,1-3H3. The largest absolute Gasteiger partial charge is 0.338 e. The molecule has 2 rings (SSSR count). The van der Waals surface area contributed by atoms with Crippen molar-refractivity contribution in [1.29, 1.82) is 0 Å². The van der Waals surface area contributed by atoms with Crippen molar-refractivity contribution < 1.29 is 0 Å². The Kier molecular flexibility index (Phi) is 3.72. The fourth-order valence-corrected chi connectivity index (χ4v) is 2.02. The van der Waals surface area contributed by atoms with Gasteiger partial charge in [0.25, 0.3) is 0 Å². The Hall–Kier alpha value is -1.75. The predicted molar refractivity (Wildman–Crippen MR) is 70.0 cm³/mol. The maximum absolute atomic E-state index is 6.23. The van der Waals surface area contributed by atoms with Crippen LogP contribution in [0.15, 0.2) is 18.5 Å². The molecule has 2 aromatic heterocycles. The Morgan fingerprint density at radius 2 is 2.11 bits per heavy atom. The Labute approximate surface area is 107 Å². The van der Waals surface area contributed by atoms with E-state index in [-0.39, 0.29) is 6.04 Å². The second kappa shape index (κ2) is 5.27. The Bertz CT molecular complexity index is 532. The molecule has 0 radical (unpaired) electrons. The van der Waals surface area contributed by atoms with E-state index in [4.69, 9.17) is 5.73 Å². The molecule has 18 heavy (non-hydrogen) atoms. The minimum absolute atomic E-state index is 0.0177. The molecular formula is C13H19N5. The Balaban J connectivity index is 2.06. The van der Waals surface area contributed by atoms with Gasteiger partial charge in [-0.15, -0.1) is 0 Å². The van der Waals surface area contributed by atoms with Crippen molar-refractivity contribution >= 4 is 0 Å². The summed E-state index contributed by atoms with van der Waals surface area (Å²) >= 11 is 0. The summed E-state index contributed by atoms with van der Waals surface area (Å²) in [5.74, 6) is 1.06. The number of rotatable bonds is 4. The van der Waals surface area contributed by atoms with Crippen LogP contribution in [-0.4, -0.2) is 19.7 Å². The number of hydrogen-bond donors (Lipinski definition) is 1. The van der Waals surface area contributed by atoms with Gasteiger partial charge in [0, 0.05) is 31.9 Å². The van der Waals surface area contributed by atoms with E-state index in [2.05, 4.69) is 15.2 Å². The summed E-state index contributed by atoms with van der Waals surface area (Å²) < 4.78 is 2.02. The SMILES string of the molecule is Cc1cc(C(N)CCc2nccn2C)c(C)nn1. The third-order valence-electron chi connectivity index (χ3n) is 3.14. The van der Waals surface area contributed by atoms with E-state index < -0.39 is 0 Å². The average Bonchev–Trinajstić information content (AvgIpc) is 2.75. The number of hydrogen-bond acceptors (Lipinski definition) is 4. The topological polar surface area (TPSA) is 69.6 Å². The Morgan fingerprint density at radius 1 is 1.33 bits per heavy atom. The first-order valence-corrected chi connectivity index (χ1v) is 6.10. The maximum atomic E-state index is 6.23. The lowest BCUT2D eigenvalue weighted by Gasteiger charge is -2.14. The number of imidazole rings is 1. The summed E-state index contributed by atoms with van der Waals surface area (Å²) in [4.78, 5) is 4.30. The fraction of sp³-hybridized carbons (Fsp3) is 0.462. The molecule has 96 valence electrons. The molecule has 0 aromatic carbocycles. The molecule has 1 atom stereocenters. The summed E-state index contributed by atoms with van der Waals surface area (Å²) in [5, 5.41) is 8.14. The van der Waals surface area contributed by atoms with Crippen LogP contribution in [0.4, 0.5) is 0 Å². The number of aromatic nitrogens is 4. The minimum atomic E-state index is -0.0177. The number of aryl methyl sites for hydroxylation is 4. The molecule has 1 unspecified atom stereocenters. The van der Waals surface area contributed by atoms with Crippen molar-refractivity contribution in [3.8, 4) is 0 Å². The quantitative estimate of drug-likeness (QED) is 0.885. The van der Waals surface area contributed by atoms with Crippen molar-refractivity contribution in [2.75, 3.05) is 0 Å². The van der Waals surface area contributed by atoms with E-state index in [9.17, 15) is 0 Å². The third-order valence-corrected chi connectivity index (χ3v) is 3.14. The number of nitrogens with two attached hydrogens (primary N) is 1. The van der Waals surface area contributed by atoms with Crippen molar-refractivity contribution in [2.24, 2.45) is 12.8 Å². The molecule has 0 bridgehead atoms. The lowest BCUT2D eigenvalue weighted by Crippen LogP contribution is -2.15. The first-order chi connectivity index (χ1) is 8.58. The van der Waals surface area contributed by atoms with Gasteiger partial charge in [-0.2, -0.15) is 10.2 Å². The molecule has 0 aliphatic carbocycles. The zero-order valence-corrected chi connectivity index (χ0v) is 11.1. The summed E-state index contributed by atoms with van der Waals surface area (Å²) in [7, 11) is 2.00. The van der Waals surface area contributed by atoms with Crippen molar-refractivity contribution in [3.63, 3.8) is 0 Å². The van der Waals surface area contributed by atoms with Gasteiger partial charge in [-0.25, -0.2) is 4.98 Å². The summed E-state index contributed by atoms with van der Waals surface area (Å²) in [6, 6.07) is 2.00. The molecule has 5 nitrogen and oxygen atoms in total. The molecule has 0 amide bonds. The highest BCUT2D eigenvalue weighted by Gasteiger charge is 2.12. The molecule has 0 saturated heterocycles. The van der Waals surface area contributed by atoms with E-state index in [0.29, 0.717) is 0 Å². The second-order valence-electron chi connectivity index (χ2n) is 4.63. The molecule has 2 N–H and O–H groups in total. The van der Waals surface area contributed by atoms with Gasteiger partial charge in [0.05, 0.1) is 11.4 Å². The van der Waals surface area contributed by atoms with E-state index >= 15 is 0 Å². The Morgan fingerprint density at radius 3 is 2.78 bits per heavy atom. The summed E-state index contributed by atoms with van der Waals surface area (Å²) in [6.45, 7) is 3.88. The van der Waals surface area contributed by atoms with Gasteiger partial charge in [0.2, 0.25) is 0 Å². The van der Waals surface area contributed by atoms with Gasteiger partial charge >= 0.3 is 0 Å². The second-order valence-corrected chi connectivity index (χ2v) is 4.63. The van der Waals surface area contributed by atoms with Crippen molar-refractivity contribution in [2.45, 2.75) is 32.7 Å². The molecule has 2 aromatic rings. The first kappa shape index (κ1) is 12.7. The zero-order chi connectivity index (χ0) is 13.1. The lowest BCUT2D eigenvalue weighted by molar-refractivity contribution is 0.612. The highest BCUT2D eigenvalue weighted by Crippen LogP contribution is 2.18. The summed E-state index contributed by atoms with van der Waals surface area (Å²) in [5.41, 5.74) is 9.12. The van der Waals surface area contributed by atoms with Gasteiger partial charge in [0.15, 0.2) is 0 Å². The van der Waals surface area contributed by atoms with Gasteiger partial charge in [-0.05, 0) is 31.9 Å². The molecule has 0 aliphatic heterocycles. The third kappa shape index (κ3) is 2.73. The fourth-order valence-electron chi connectivity index (χ4n) is 2.02. The van der Waals surface area contributed by atoms with E-state index in [1.54, 1.807) is 0 Å². The summed E-state index contributed by atoms with van der Waals surface area (Å²) in [6.07, 6.45) is 5.48. The molecule has 0 fully saturated rings.